The highest BCUT2D eigenvalue weighted by molar-refractivity contribution is 4.68. The molecule has 3 nitrogen and oxygen atoms in total. The first kappa shape index (κ1) is 6.99. The molecule has 0 amide bonds. The van der Waals surface area contributed by atoms with E-state index in [9.17, 15) is 0 Å². The van der Waals surface area contributed by atoms with Crippen LogP contribution in [0.3, 0.4) is 0 Å². The second-order valence-corrected chi connectivity index (χ2v) is 2.95. The van der Waals surface area contributed by atoms with Crippen molar-refractivity contribution in [3.63, 3.8) is 0 Å². The van der Waals surface area contributed by atoms with E-state index >= 15 is 0 Å². The van der Waals surface area contributed by atoms with Crippen molar-refractivity contribution in [1.82, 2.24) is 0 Å². The summed E-state index contributed by atoms with van der Waals surface area (Å²) in [5, 5.41) is 0. The lowest BCUT2D eigenvalue weighted by Gasteiger charge is -2.13. The average Bonchev–Trinajstić information content (AvgIpc) is 2.38. The molecule has 0 saturated carbocycles. The number of aliphatic hydroxyl groups is 2. The Morgan fingerprint density at radius 1 is 1.78 bits per heavy atom. The molecule has 0 spiro atoms. The minimum absolute atomic E-state index is 0.368. The zero-order valence-corrected chi connectivity index (χ0v) is 5.92. The first-order valence-electron chi connectivity index (χ1n) is 3.17. The standard InChI is InChI=1S/C6H13NO2/c1-6(2,7)9-4-5-3-8-5/h5H,3-4,7H2,1-2H3/p+1. The Labute approximate surface area is 55.1 Å². The second-order valence-electron chi connectivity index (χ2n) is 2.95. The van der Waals surface area contributed by atoms with E-state index in [1.165, 1.54) is 0 Å². The fraction of sp³-hybridized carbons (Fsp3) is 1.00. The molecule has 9 heavy (non-hydrogen) atoms. The van der Waals surface area contributed by atoms with E-state index in [1.807, 2.05) is 13.8 Å². The van der Waals surface area contributed by atoms with Gasteiger partial charge in [0.05, 0.1) is 6.61 Å². The summed E-state index contributed by atoms with van der Waals surface area (Å²) in [4.78, 5) is 0. The smallest absolute Gasteiger partial charge is 0.213 e. The van der Waals surface area contributed by atoms with Gasteiger partial charge in [-0.05, 0) is 0 Å². The molecule has 54 valence electrons. The van der Waals surface area contributed by atoms with Gasteiger partial charge in [-0.25, -0.2) is 0 Å². The van der Waals surface area contributed by atoms with Gasteiger partial charge in [0.25, 0.3) is 0 Å². The quantitative estimate of drug-likeness (QED) is 0.323. The van der Waals surface area contributed by atoms with Crippen molar-refractivity contribution in [2.45, 2.75) is 25.7 Å². The highest BCUT2D eigenvalue weighted by atomic mass is 16.6. The number of hydrogen-bond donors (Lipinski definition) is 1. The van der Waals surface area contributed by atoms with Crippen LogP contribution in [0.25, 0.3) is 0 Å². The predicted octanol–water partition coefficient (Wildman–Crippen LogP) is -0.392. The minimum atomic E-state index is -0.383. The molecule has 1 aliphatic rings. The summed E-state index contributed by atoms with van der Waals surface area (Å²) in [5.74, 6) is 0. The maximum absolute atomic E-state index is 5.59. The van der Waals surface area contributed by atoms with E-state index in [1.54, 1.807) is 0 Å². The lowest BCUT2D eigenvalue weighted by atomic mass is 10.3. The zero-order valence-electron chi connectivity index (χ0n) is 5.92. The molecule has 1 saturated heterocycles. The molecule has 0 aromatic carbocycles. The van der Waals surface area contributed by atoms with Gasteiger partial charge in [0.15, 0.2) is 6.61 Å². The predicted molar refractivity (Wildman–Crippen MR) is 35.1 cm³/mol. The molecule has 0 radical (unpaired) electrons. The third-order valence-electron chi connectivity index (χ3n) is 1.10. The van der Waals surface area contributed by atoms with Crippen molar-refractivity contribution >= 4 is 0 Å². The van der Waals surface area contributed by atoms with Crippen molar-refractivity contribution in [1.29, 1.82) is 0 Å². The molecule has 0 aliphatic carbocycles. The molecule has 1 unspecified atom stereocenters. The SMILES string of the molecule is CC(C)(N)[OH+]CC1CO1. The molecule has 1 heterocycles. The first-order valence-corrected chi connectivity index (χ1v) is 3.17. The van der Waals surface area contributed by atoms with Gasteiger partial charge in [-0.2, -0.15) is 0 Å². The lowest BCUT2D eigenvalue weighted by Crippen LogP contribution is -2.40. The van der Waals surface area contributed by atoms with Gasteiger partial charge in [0.2, 0.25) is 5.72 Å². The molecule has 3 heteroatoms. The summed E-state index contributed by atoms with van der Waals surface area (Å²) in [6, 6.07) is 0. The number of nitrogens with two attached hydrogens (primary N) is 1. The van der Waals surface area contributed by atoms with Gasteiger partial charge in [0, 0.05) is 13.8 Å². The number of ether oxygens (including phenoxy) is 2. The molecule has 0 bridgehead atoms. The monoisotopic (exact) mass is 132 g/mol. The Morgan fingerprint density at radius 2 is 2.33 bits per heavy atom. The van der Waals surface area contributed by atoms with E-state index in [4.69, 9.17) is 10.5 Å². The molecule has 1 aliphatic heterocycles. The highest BCUT2D eigenvalue weighted by Crippen LogP contribution is 2.09. The van der Waals surface area contributed by atoms with Crippen LogP contribution in [0.2, 0.25) is 0 Å². The van der Waals surface area contributed by atoms with Gasteiger partial charge in [0.1, 0.15) is 6.10 Å². The fourth-order valence-corrected chi connectivity index (χ4v) is 0.511. The molecule has 0 aromatic heterocycles. The van der Waals surface area contributed by atoms with Crippen LogP contribution in [0.15, 0.2) is 0 Å². The minimum Gasteiger partial charge on any atom is -0.416 e. The van der Waals surface area contributed by atoms with Crippen molar-refractivity contribution < 1.29 is 9.47 Å². The fourth-order valence-electron chi connectivity index (χ4n) is 0.511. The van der Waals surface area contributed by atoms with Gasteiger partial charge in [-0.3, -0.25) is 5.73 Å². The maximum atomic E-state index is 5.59. The van der Waals surface area contributed by atoms with Crippen LogP contribution in [-0.2, 0) is 4.74 Å². The molecular weight excluding hydrogens is 118 g/mol. The molecule has 1 atom stereocenters. The number of hydrogen-bond acceptors (Lipinski definition) is 2. The normalized spacial score (nSPS) is 26.3. The summed E-state index contributed by atoms with van der Waals surface area (Å²) in [5.41, 5.74) is 5.21. The van der Waals surface area contributed by atoms with Crippen molar-refractivity contribution in [3.8, 4) is 0 Å². The molecule has 0 aromatic rings. The van der Waals surface area contributed by atoms with Crippen LogP contribution in [0.1, 0.15) is 13.8 Å². The van der Waals surface area contributed by atoms with Crippen LogP contribution in [0, 0.1) is 0 Å². The molecule has 3 N–H and O–H groups in total. The second kappa shape index (κ2) is 2.25. The van der Waals surface area contributed by atoms with Crippen LogP contribution in [0.5, 0.6) is 0 Å². The van der Waals surface area contributed by atoms with Crippen molar-refractivity contribution in [2.24, 2.45) is 5.73 Å². The number of rotatable bonds is 3. The lowest BCUT2D eigenvalue weighted by molar-refractivity contribution is -0.163. The van der Waals surface area contributed by atoms with Crippen molar-refractivity contribution in [3.05, 3.63) is 0 Å². The van der Waals surface area contributed by atoms with E-state index in [2.05, 4.69) is 4.74 Å². The van der Waals surface area contributed by atoms with Crippen LogP contribution >= 0.6 is 0 Å². The molecular formula is C6H14NO2+. The van der Waals surface area contributed by atoms with Crippen LogP contribution in [-0.4, -0.2) is 29.8 Å². The zero-order chi connectivity index (χ0) is 6.91. The van der Waals surface area contributed by atoms with E-state index in [0.717, 1.165) is 13.2 Å². The average molecular weight is 132 g/mol. The summed E-state index contributed by atoms with van der Waals surface area (Å²) in [6.45, 7) is 5.38. The summed E-state index contributed by atoms with van der Waals surface area (Å²) in [7, 11) is 0. The highest BCUT2D eigenvalue weighted by Gasteiger charge is 2.29. The van der Waals surface area contributed by atoms with Crippen molar-refractivity contribution in [2.75, 3.05) is 13.2 Å². The first-order chi connectivity index (χ1) is 4.08. The topological polar surface area (TPSA) is 51.4 Å². The summed E-state index contributed by atoms with van der Waals surface area (Å²) >= 11 is 0. The Balaban J connectivity index is 2.03. The van der Waals surface area contributed by atoms with Crippen LogP contribution < -0.4 is 5.73 Å². The summed E-state index contributed by atoms with van der Waals surface area (Å²) in [6.07, 6.45) is 0.368. The number of epoxide rings is 1. The Hall–Kier alpha value is -0.120. The van der Waals surface area contributed by atoms with E-state index in [-0.39, 0.29) is 5.72 Å². The maximum Gasteiger partial charge on any atom is 0.213 e. The van der Waals surface area contributed by atoms with E-state index < -0.39 is 0 Å². The molecule has 1 fully saturated rings. The van der Waals surface area contributed by atoms with Gasteiger partial charge < -0.3 is 9.47 Å². The van der Waals surface area contributed by atoms with Gasteiger partial charge >= 0.3 is 0 Å². The van der Waals surface area contributed by atoms with Crippen LogP contribution in [0.4, 0.5) is 0 Å². The largest absolute Gasteiger partial charge is 0.416 e. The van der Waals surface area contributed by atoms with Gasteiger partial charge in [-0.15, -0.1) is 0 Å². The van der Waals surface area contributed by atoms with Gasteiger partial charge in [-0.1, -0.05) is 0 Å². The summed E-state index contributed by atoms with van der Waals surface area (Å²) < 4.78 is 9.13. The third-order valence-corrected chi connectivity index (χ3v) is 1.10. The Morgan fingerprint density at radius 3 is 2.67 bits per heavy atom. The Bertz CT molecular complexity index is 93.7. The molecule has 1 rings (SSSR count). The van der Waals surface area contributed by atoms with E-state index in [0.29, 0.717) is 6.10 Å². The third kappa shape index (κ3) is 3.46. The Kier molecular flexibility index (Phi) is 1.75.